The number of hydrogen-bond donors (Lipinski definition) is 0. The van der Waals surface area contributed by atoms with Crippen LogP contribution in [-0.2, 0) is 21.1 Å². The molecule has 1 aromatic carbocycles. The molecule has 0 aliphatic rings. The average molecular weight is 212 g/mol. The Labute approximate surface area is 83.7 Å². The minimum atomic E-state index is -3.11. The molecule has 1 aromatic rings. The van der Waals surface area contributed by atoms with Gasteiger partial charge in [0.15, 0.2) is 9.84 Å². The predicted molar refractivity (Wildman–Crippen MR) is 53.9 cm³/mol. The summed E-state index contributed by atoms with van der Waals surface area (Å²) in [7, 11) is -3.11. The molecule has 0 N–H and O–H groups in total. The van der Waals surface area contributed by atoms with E-state index < -0.39 is 9.84 Å². The standard InChI is InChI=1S/C10H12O3S/c1-14(12,13)10-6-4-9(5-7-10)3-2-8-11/h4-8H,2-3H2,1H3. The van der Waals surface area contributed by atoms with Gasteiger partial charge in [-0.05, 0) is 24.1 Å². The summed E-state index contributed by atoms with van der Waals surface area (Å²) >= 11 is 0. The van der Waals surface area contributed by atoms with Crippen molar-refractivity contribution in [3.8, 4) is 0 Å². The van der Waals surface area contributed by atoms with Crippen LogP contribution in [0.3, 0.4) is 0 Å². The van der Waals surface area contributed by atoms with E-state index in [1.165, 1.54) is 6.26 Å². The van der Waals surface area contributed by atoms with E-state index in [1.54, 1.807) is 24.3 Å². The van der Waals surface area contributed by atoms with Crippen molar-refractivity contribution in [1.29, 1.82) is 0 Å². The second-order valence-electron chi connectivity index (χ2n) is 3.12. The number of sulfone groups is 1. The number of rotatable bonds is 4. The van der Waals surface area contributed by atoms with E-state index >= 15 is 0 Å². The lowest BCUT2D eigenvalue weighted by atomic mass is 10.1. The van der Waals surface area contributed by atoms with E-state index in [2.05, 4.69) is 0 Å². The Morgan fingerprint density at radius 2 is 1.79 bits per heavy atom. The first-order valence-corrected chi connectivity index (χ1v) is 6.16. The van der Waals surface area contributed by atoms with Crippen LogP contribution < -0.4 is 0 Å². The van der Waals surface area contributed by atoms with Gasteiger partial charge >= 0.3 is 0 Å². The first kappa shape index (κ1) is 10.9. The molecule has 0 radical (unpaired) electrons. The second kappa shape index (κ2) is 4.37. The van der Waals surface area contributed by atoms with Crippen LogP contribution in [0.4, 0.5) is 0 Å². The average Bonchev–Trinajstić information content (AvgIpc) is 2.14. The zero-order valence-electron chi connectivity index (χ0n) is 7.93. The molecule has 0 heterocycles. The van der Waals surface area contributed by atoms with Gasteiger partial charge in [-0.2, -0.15) is 0 Å². The monoisotopic (exact) mass is 212 g/mol. The summed E-state index contributed by atoms with van der Waals surface area (Å²) < 4.78 is 22.2. The minimum Gasteiger partial charge on any atom is -0.303 e. The zero-order valence-corrected chi connectivity index (χ0v) is 8.75. The minimum absolute atomic E-state index is 0.312. The summed E-state index contributed by atoms with van der Waals surface area (Å²) in [4.78, 5) is 10.4. The van der Waals surface area contributed by atoms with Crippen LogP contribution in [0.5, 0.6) is 0 Å². The molecule has 1 rings (SSSR count). The molecular formula is C10H12O3S. The van der Waals surface area contributed by atoms with Gasteiger partial charge in [0.1, 0.15) is 6.29 Å². The maximum Gasteiger partial charge on any atom is 0.175 e. The highest BCUT2D eigenvalue weighted by molar-refractivity contribution is 7.90. The van der Waals surface area contributed by atoms with Gasteiger partial charge in [0.2, 0.25) is 0 Å². The van der Waals surface area contributed by atoms with E-state index in [9.17, 15) is 13.2 Å². The molecule has 0 fully saturated rings. The Hall–Kier alpha value is -1.16. The Morgan fingerprint density at radius 3 is 2.21 bits per heavy atom. The van der Waals surface area contributed by atoms with E-state index in [1.807, 2.05) is 0 Å². The highest BCUT2D eigenvalue weighted by atomic mass is 32.2. The van der Waals surface area contributed by atoms with Crippen LogP contribution in [0.15, 0.2) is 29.2 Å². The normalized spacial score (nSPS) is 11.2. The lowest BCUT2D eigenvalue weighted by molar-refractivity contribution is -0.107. The van der Waals surface area contributed by atoms with Gasteiger partial charge in [0.05, 0.1) is 4.90 Å². The van der Waals surface area contributed by atoms with Crippen LogP contribution in [0.25, 0.3) is 0 Å². The van der Waals surface area contributed by atoms with Crippen molar-refractivity contribution in [3.63, 3.8) is 0 Å². The Kier molecular flexibility index (Phi) is 3.41. The summed E-state index contributed by atoms with van der Waals surface area (Å²) in [6, 6.07) is 6.60. The van der Waals surface area contributed by atoms with Gasteiger partial charge in [0.25, 0.3) is 0 Å². The molecule has 76 valence electrons. The third kappa shape index (κ3) is 2.96. The number of aldehydes is 1. The zero-order chi connectivity index (χ0) is 10.6. The summed E-state index contributed by atoms with van der Waals surface area (Å²) in [6.07, 6.45) is 3.16. The van der Waals surface area contributed by atoms with Crippen LogP contribution in [0.1, 0.15) is 12.0 Å². The van der Waals surface area contributed by atoms with Gasteiger partial charge in [-0.15, -0.1) is 0 Å². The van der Waals surface area contributed by atoms with Crippen molar-refractivity contribution < 1.29 is 13.2 Å². The Balaban J connectivity index is 2.84. The molecule has 0 saturated heterocycles. The van der Waals surface area contributed by atoms with Crippen molar-refractivity contribution >= 4 is 16.1 Å². The fraction of sp³-hybridized carbons (Fsp3) is 0.300. The van der Waals surface area contributed by atoms with Crippen molar-refractivity contribution in [2.24, 2.45) is 0 Å². The molecular weight excluding hydrogens is 200 g/mol. The van der Waals surface area contributed by atoms with E-state index in [0.29, 0.717) is 17.7 Å². The topological polar surface area (TPSA) is 51.2 Å². The number of carbonyl (C=O) groups excluding carboxylic acids is 1. The van der Waals surface area contributed by atoms with Crippen molar-refractivity contribution in [2.75, 3.05) is 6.26 Å². The molecule has 3 nitrogen and oxygen atoms in total. The molecule has 4 heteroatoms. The third-order valence-electron chi connectivity index (χ3n) is 1.90. The first-order valence-electron chi connectivity index (χ1n) is 4.26. The Morgan fingerprint density at radius 1 is 1.21 bits per heavy atom. The fourth-order valence-electron chi connectivity index (χ4n) is 1.13. The lowest BCUT2D eigenvalue weighted by Crippen LogP contribution is -1.97. The molecule has 0 amide bonds. The highest BCUT2D eigenvalue weighted by Gasteiger charge is 2.05. The van der Waals surface area contributed by atoms with Crippen LogP contribution in [-0.4, -0.2) is 21.0 Å². The highest BCUT2D eigenvalue weighted by Crippen LogP contribution is 2.11. The van der Waals surface area contributed by atoms with Gasteiger partial charge in [-0.1, -0.05) is 12.1 Å². The predicted octanol–water partition coefficient (Wildman–Crippen LogP) is 1.22. The van der Waals surface area contributed by atoms with Crippen molar-refractivity contribution in [2.45, 2.75) is 17.7 Å². The van der Waals surface area contributed by atoms with Crippen LogP contribution in [0.2, 0.25) is 0 Å². The molecule has 14 heavy (non-hydrogen) atoms. The fourth-order valence-corrected chi connectivity index (χ4v) is 1.76. The summed E-state index contributed by atoms with van der Waals surface area (Å²) in [6.45, 7) is 0. The van der Waals surface area contributed by atoms with Crippen molar-refractivity contribution in [1.82, 2.24) is 0 Å². The maximum absolute atomic E-state index is 11.1. The molecule has 0 aliphatic carbocycles. The van der Waals surface area contributed by atoms with E-state index in [0.717, 1.165) is 11.8 Å². The Bertz CT molecular complexity index is 403. The second-order valence-corrected chi connectivity index (χ2v) is 5.14. The largest absolute Gasteiger partial charge is 0.303 e. The summed E-state index contributed by atoms with van der Waals surface area (Å²) in [5, 5.41) is 0. The molecule has 0 atom stereocenters. The quantitative estimate of drug-likeness (QED) is 0.705. The number of carbonyl (C=O) groups is 1. The molecule has 0 spiro atoms. The molecule has 0 saturated carbocycles. The van der Waals surface area contributed by atoms with Gasteiger partial charge in [-0.25, -0.2) is 8.42 Å². The van der Waals surface area contributed by atoms with E-state index in [-0.39, 0.29) is 0 Å². The number of hydrogen-bond acceptors (Lipinski definition) is 3. The smallest absolute Gasteiger partial charge is 0.175 e. The molecule has 0 aliphatic heterocycles. The lowest BCUT2D eigenvalue weighted by Gasteiger charge is -2.00. The molecule has 0 bridgehead atoms. The van der Waals surface area contributed by atoms with Crippen LogP contribution >= 0.6 is 0 Å². The molecule has 0 unspecified atom stereocenters. The summed E-state index contributed by atoms with van der Waals surface area (Å²) in [5.74, 6) is 0. The van der Waals surface area contributed by atoms with E-state index in [4.69, 9.17) is 0 Å². The third-order valence-corrected chi connectivity index (χ3v) is 3.03. The first-order chi connectivity index (χ1) is 6.54. The maximum atomic E-state index is 11.1. The van der Waals surface area contributed by atoms with Gasteiger partial charge in [0, 0.05) is 12.7 Å². The van der Waals surface area contributed by atoms with Crippen molar-refractivity contribution in [3.05, 3.63) is 29.8 Å². The number of benzene rings is 1. The van der Waals surface area contributed by atoms with Gasteiger partial charge in [-0.3, -0.25) is 0 Å². The number of aryl methyl sites for hydroxylation is 1. The molecule has 0 aromatic heterocycles. The summed E-state index contributed by atoms with van der Waals surface area (Å²) in [5.41, 5.74) is 0.976. The van der Waals surface area contributed by atoms with Gasteiger partial charge < -0.3 is 4.79 Å². The SMILES string of the molecule is CS(=O)(=O)c1ccc(CCC=O)cc1. The van der Waals surface area contributed by atoms with Crippen LogP contribution in [0, 0.1) is 0 Å².